The van der Waals surface area contributed by atoms with Crippen molar-refractivity contribution in [2.45, 2.75) is 117 Å². The van der Waals surface area contributed by atoms with Crippen LogP contribution in [-0.2, 0) is 50.7 Å². The zero-order chi connectivity index (χ0) is 100. The minimum absolute atomic E-state index is 0. The van der Waals surface area contributed by atoms with Gasteiger partial charge in [0.15, 0.2) is 11.6 Å². The summed E-state index contributed by atoms with van der Waals surface area (Å²) in [6.07, 6.45) is 6.88. The number of nitrogens with zero attached hydrogens (tertiary/aromatic N) is 6. The molecule has 2 amide bonds. The number of aromatic nitrogens is 2. The van der Waals surface area contributed by atoms with Crippen molar-refractivity contribution >= 4 is 68.5 Å². The standard InChI is InChI=1S/C28H26N4O3.C19H18N2O2.C16H13NO2.C16H16O3.C11H15N3O.C9H10O3.C7H7Br.C5H13NO2.CH4/c1-18-10-11-21(28(34)31-22-12-13-22)15-25(18)32-27(29)24(16-30-32)26(33)20-8-5-9-23(14-20)35-17-19-6-3-2-4-7-19;1-21(2)13-17(12-20)19(22)16-9-6-10-18(11-16)23-14-15-7-4-3-5-8-15;17-10-9-16(18)14-7-4-8-15(11-14)19-12-13-5-2-1-3-6-13;1-2-18-16(17)14-9-6-10-15(11-14)19-12-13-7-4-3-5-8-13;1-7-2-3-8(6-10(7)14-12)11(15)13-9-4-5-9;1-2-12-9(11)7-4-3-5-8(10)6-7;8-6-7-4-2-1-3-5-7;1-6(2)5(7-3)8-4;/h2-11,14-16,22H,12-13,17,29H2,1H3,(H,31,34);3-11,13H,14H2,1-2H3;1-8,11H,9,12H2;3-11H,2,12H2,1H3;2-3,6,9,14H,4-5,12H2,1H3,(H,13,15);3-6,10H,2H2,1H3;1-5H,6H2;5H,1-4H3;1H4. The number of hydrazine groups is 1. The number of ether oxygens (including phenoxy) is 8. The molecule has 2 aliphatic carbocycles. The summed E-state index contributed by atoms with van der Waals surface area (Å²) < 4.78 is 43.8. The lowest BCUT2D eigenvalue weighted by atomic mass is 10.0. The molecule has 0 spiro atoms. The van der Waals surface area contributed by atoms with Crippen molar-refractivity contribution in [2.75, 3.05) is 66.8 Å². The van der Waals surface area contributed by atoms with Crippen LogP contribution >= 0.6 is 15.9 Å². The number of anilines is 2. The van der Waals surface area contributed by atoms with E-state index in [9.17, 15) is 33.6 Å². The first-order valence-corrected chi connectivity index (χ1v) is 45.8. The van der Waals surface area contributed by atoms with E-state index in [1.54, 1.807) is 162 Å². The summed E-state index contributed by atoms with van der Waals surface area (Å²) in [4.78, 5) is 87.6. The van der Waals surface area contributed by atoms with Crippen molar-refractivity contribution < 1.29 is 76.6 Å². The second kappa shape index (κ2) is 60.6. The minimum Gasteiger partial charge on any atom is -0.508 e. The molecule has 13 aromatic rings. The van der Waals surface area contributed by atoms with E-state index in [-0.39, 0.29) is 84.1 Å². The van der Waals surface area contributed by atoms with Gasteiger partial charge in [0, 0.05) is 79.7 Å². The SMILES string of the molecule is BrCc1ccccc1.C.CCOC(=O)c1cccc(O)c1.CCOC(=O)c1cccc(OCc2ccccc2)c1.CN(C)C=C(C#N)C(=O)c1cccc(OCc2ccccc2)c1.COC(OC)N(C)C.Cc1ccc(C(=O)NC2CC2)cc1-n1ncc(C(=O)c2cccc(OCc3ccccc3)c2)c1N.Cc1ccc(C(=O)NC2CC2)cc1NN.N#CCC(=O)c1cccc(OCc2ccccc2)c1. The molecule has 2 aliphatic rings. The first kappa shape index (κ1) is 111. The molecule has 15 rings (SSSR count). The summed E-state index contributed by atoms with van der Waals surface area (Å²) in [5.41, 5.74) is 21.7. The fourth-order valence-electron chi connectivity index (χ4n) is 12.5. The number of methoxy groups -OCH3 is 2. The lowest BCUT2D eigenvalue weighted by Gasteiger charge is -2.19. The molecule has 0 bridgehead atoms. The number of phenols is 1. The van der Waals surface area contributed by atoms with Gasteiger partial charge in [-0.3, -0.25) is 34.7 Å². The number of Topliss-reactive ketones (excluding diaryl/α,β-unsaturated/α-hetero) is 2. The van der Waals surface area contributed by atoms with Crippen molar-refractivity contribution in [1.29, 1.82) is 10.5 Å². The average Bonchev–Trinajstić information content (AvgIpc) is 1.64. The van der Waals surface area contributed by atoms with Gasteiger partial charge in [0.25, 0.3) is 11.8 Å². The number of amides is 2. The monoisotopic (exact) mass is 1960 g/mol. The molecule has 0 atom stereocenters. The van der Waals surface area contributed by atoms with E-state index in [1.165, 1.54) is 34.8 Å². The predicted octanol–water partition coefficient (Wildman–Crippen LogP) is 20.8. The highest BCUT2D eigenvalue weighted by molar-refractivity contribution is 9.08. The van der Waals surface area contributed by atoms with Crippen molar-refractivity contribution in [3.05, 3.63) is 411 Å². The van der Waals surface area contributed by atoms with Crippen LogP contribution in [0.3, 0.4) is 0 Å². The van der Waals surface area contributed by atoms with Gasteiger partial charge in [-0.05, 0) is 203 Å². The van der Waals surface area contributed by atoms with Gasteiger partial charge in [-0.1, -0.05) is 236 Å². The summed E-state index contributed by atoms with van der Waals surface area (Å²) >= 11 is 3.36. The summed E-state index contributed by atoms with van der Waals surface area (Å²) in [6.45, 7) is 9.85. The molecule has 28 heteroatoms. The molecule has 1 aromatic heterocycles. The second-order valence-corrected chi connectivity index (χ2v) is 32.2. The van der Waals surface area contributed by atoms with Crippen LogP contribution in [0.5, 0.6) is 28.7 Å². The molecule has 0 unspecified atom stereocenters. The summed E-state index contributed by atoms with van der Waals surface area (Å²) in [6, 6.07) is 98.8. The molecule has 8 N–H and O–H groups in total. The number of nitriles is 2. The van der Waals surface area contributed by atoms with Crippen LogP contribution in [-0.4, -0.2) is 140 Å². The number of ketones is 3. The van der Waals surface area contributed by atoms with Gasteiger partial charge in [-0.25, -0.2) is 14.3 Å². The zero-order valence-electron chi connectivity index (χ0n) is 79.6. The highest BCUT2D eigenvalue weighted by Crippen LogP contribution is 2.29. The second-order valence-electron chi connectivity index (χ2n) is 31.6. The van der Waals surface area contributed by atoms with Crippen molar-refractivity contribution in [3.63, 3.8) is 0 Å². The van der Waals surface area contributed by atoms with Crippen molar-refractivity contribution in [2.24, 2.45) is 5.84 Å². The lowest BCUT2D eigenvalue weighted by molar-refractivity contribution is -0.179. The molecule has 0 aliphatic heterocycles. The third-order valence-electron chi connectivity index (χ3n) is 20.1. The Morgan fingerprint density at radius 3 is 1.26 bits per heavy atom. The zero-order valence-corrected chi connectivity index (χ0v) is 81.2. The van der Waals surface area contributed by atoms with Gasteiger partial charge in [0.1, 0.15) is 72.6 Å². The van der Waals surface area contributed by atoms with Crippen molar-refractivity contribution in [3.8, 4) is 46.6 Å². The van der Waals surface area contributed by atoms with E-state index in [4.69, 9.17) is 65.1 Å². The van der Waals surface area contributed by atoms with Gasteiger partial charge in [-0.2, -0.15) is 15.6 Å². The number of aromatic hydroxyl groups is 1. The van der Waals surface area contributed by atoms with Crippen LogP contribution in [0.1, 0.15) is 170 Å². The third kappa shape index (κ3) is 39.1. The molecule has 27 nitrogen and oxygen atoms in total. The number of hydrogen-bond donors (Lipinski definition) is 6. The molecule has 2 saturated carbocycles. The maximum absolute atomic E-state index is 13.3. The van der Waals surface area contributed by atoms with Gasteiger partial charge < -0.3 is 69.7 Å². The number of carbonyl (C=O) groups excluding carboxylic acids is 7. The number of phenolic OH excluding ortho intramolecular Hbond substituents is 1. The Hall–Kier alpha value is -15.8. The maximum atomic E-state index is 13.3. The number of halogens is 1. The Balaban J connectivity index is 0.000000227. The average molecular weight is 1960 g/mol. The minimum atomic E-state index is -0.409. The van der Waals surface area contributed by atoms with E-state index >= 15 is 0 Å². The highest BCUT2D eigenvalue weighted by Gasteiger charge is 2.27. The number of allylic oxidation sites excluding steroid dienone is 1. The summed E-state index contributed by atoms with van der Waals surface area (Å²) in [5, 5.41) is 37.9. The third-order valence-corrected chi connectivity index (χ3v) is 20.7. The number of nitrogens with two attached hydrogens (primary N) is 2. The Kier molecular flexibility index (Phi) is 48.1. The quantitative estimate of drug-likeness (QED) is 0.00325. The fourth-order valence-corrected chi connectivity index (χ4v) is 12.9. The molecule has 0 saturated heterocycles. The fraction of sp³-hybridized carbons (Fsp3) is 0.232. The summed E-state index contributed by atoms with van der Waals surface area (Å²) in [5.74, 6) is 6.50. The highest BCUT2D eigenvalue weighted by atomic mass is 79.9. The lowest BCUT2D eigenvalue weighted by Crippen LogP contribution is -2.30. The van der Waals surface area contributed by atoms with Gasteiger partial charge in [0.05, 0.1) is 60.0 Å². The molecular formula is C112H122BrN11O16. The number of benzene rings is 12. The van der Waals surface area contributed by atoms with Crippen LogP contribution in [0.4, 0.5) is 11.5 Å². The molecule has 140 heavy (non-hydrogen) atoms. The molecule has 12 aromatic carbocycles. The Bertz CT molecular complexity index is 6180. The first-order chi connectivity index (χ1) is 67.3. The van der Waals surface area contributed by atoms with Gasteiger partial charge in [-0.15, -0.1) is 0 Å². The Morgan fingerprint density at radius 2 is 0.879 bits per heavy atom. The smallest absolute Gasteiger partial charge is 0.338 e. The van der Waals surface area contributed by atoms with E-state index in [0.29, 0.717) is 113 Å². The summed E-state index contributed by atoms with van der Waals surface area (Å²) in [7, 11) is 10.5. The van der Waals surface area contributed by atoms with Crippen LogP contribution < -0.4 is 46.6 Å². The number of alkyl halides is 1. The first-order valence-electron chi connectivity index (χ1n) is 44.7. The number of hydrogen-bond acceptors (Lipinski definition) is 24. The van der Waals surface area contributed by atoms with E-state index in [2.05, 4.69) is 49.2 Å². The van der Waals surface area contributed by atoms with Crippen LogP contribution in [0, 0.1) is 36.5 Å². The van der Waals surface area contributed by atoms with E-state index in [0.717, 1.165) is 70.1 Å². The van der Waals surface area contributed by atoms with Gasteiger partial charge in [0.2, 0.25) is 12.2 Å². The maximum Gasteiger partial charge on any atom is 0.338 e. The van der Waals surface area contributed by atoms with E-state index < -0.39 is 5.97 Å². The van der Waals surface area contributed by atoms with Gasteiger partial charge >= 0.3 is 11.9 Å². The van der Waals surface area contributed by atoms with Crippen LogP contribution in [0.25, 0.3) is 5.69 Å². The number of esters is 2. The molecule has 1 heterocycles. The Labute approximate surface area is 828 Å². The number of aryl methyl sites for hydroxylation is 2. The number of nitrogens with one attached hydrogen (secondary N) is 3. The number of rotatable bonds is 33. The normalized spacial score (nSPS) is 11.2. The van der Waals surface area contributed by atoms with Crippen LogP contribution in [0.15, 0.2) is 327 Å². The van der Waals surface area contributed by atoms with Crippen molar-refractivity contribution in [1.82, 2.24) is 30.2 Å². The number of nitrogen functional groups attached to an aromatic ring is 2. The van der Waals surface area contributed by atoms with Crippen LogP contribution in [0.2, 0.25) is 0 Å². The topological polar surface area (TPSA) is 374 Å². The molecule has 0 radical (unpaired) electrons. The number of carbonyl (C=O) groups is 7. The largest absolute Gasteiger partial charge is 0.508 e. The predicted molar refractivity (Wildman–Crippen MR) is 549 cm³/mol. The Morgan fingerprint density at radius 1 is 0.493 bits per heavy atom. The molecule has 2 fully saturated rings. The molecule has 728 valence electrons. The van der Waals surface area contributed by atoms with E-state index in [1.807, 2.05) is 215 Å². The molecular weight excluding hydrogens is 1840 g/mol.